The van der Waals surface area contributed by atoms with Gasteiger partial charge < -0.3 is 14.8 Å². The second kappa shape index (κ2) is 9.35. The van der Waals surface area contributed by atoms with Crippen LogP contribution >= 0.6 is 0 Å². The minimum Gasteiger partial charge on any atom is -0.482 e. The molecule has 1 amide bonds. The number of rotatable bonds is 8. The molecule has 0 saturated heterocycles. The van der Waals surface area contributed by atoms with E-state index < -0.39 is 5.97 Å². The summed E-state index contributed by atoms with van der Waals surface area (Å²) < 4.78 is 10.2. The second-order valence-corrected chi connectivity index (χ2v) is 5.20. The SMILES string of the molecule is CCCOC(=O)COc1ccc(C(=O)NCc2ccccc2)cc1. The van der Waals surface area contributed by atoms with Crippen LogP contribution in [0.15, 0.2) is 54.6 Å². The Labute approximate surface area is 141 Å². The van der Waals surface area contributed by atoms with Gasteiger partial charge in [-0.1, -0.05) is 37.3 Å². The molecular formula is C19H21NO4. The Balaban J connectivity index is 1.80. The van der Waals surface area contributed by atoms with Crippen molar-refractivity contribution in [1.29, 1.82) is 0 Å². The Hall–Kier alpha value is -2.82. The Kier molecular flexibility index (Phi) is 6.83. The van der Waals surface area contributed by atoms with E-state index in [1.165, 1.54) is 0 Å². The van der Waals surface area contributed by atoms with Crippen LogP contribution in [0.2, 0.25) is 0 Å². The first kappa shape index (κ1) is 17.5. The maximum atomic E-state index is 12.1. The van der Waals surface area contributed by atoms with Crippen molar-refractivity contribution >= 4 is 11.9 Å². The highest BCUT2D eigenvalue weighted by atomic mass is 16.6. The number of hydrogen-bond acceptors (Lipinski definition) is 4. The molecule has 0 aromatic heterocycles. The minimum atomic E-state index is -0.401. The van der Waals surface area contributed by atoms with Gasteiger partial charge in [0.2, 0.25) is 0 Å². The fourth-order valence-electron chi connectivity index (χ4n) is 1.98. The molecule has 2 aromatic carbocycles. The molecule has 1 N–H and O–H groups in total. The Bertz CT molecular complexity index is 653. The Morgan fingerprint density at radius 1 is 1.00 bits per heavy atom. The molecule has 5 nitrogen and oxygen atoms in total. The van der Waals surface area contributed by atoms with Crippen LogP contribution in [-0.4, -0.2) is 25.1 Å². The number of hydrogen-bond donors (Lipinski definition) is 1. The quantitative estimate of drug-likeness (QED) is 0.757. The monoisotopic (exact) mass is 327 g/mol. The van der Waals surface area contributed by atoms with Crippen molar-refractivity contribution in [3.05, 3.63) is 65.7 Å². The lowest BCUT2D eigenvalue weighted by atomic mass is 10.2. The summed E-state index contributed by atoms with van der Waals surface area (Å²) in [7, 11) is 0. The van der Waals surface area contributed by atoms with Crippen LogP contribution < -0.4 is 10.1 Å². The van der Waals surface area contributed by atoms with Gasteiger partial charge in [0.05, 0.1) is 6.61 Å². The zero-order valence-corrected chi connectivity index (χ0v) is 13.7. The van der Waals surface area contributed by atoms with Gasteiger partial charge in [-0.3, -0.25) is 4.79 Å². The van der Waals surface area contributed by atoms with Gasteiger partial charge in [-0.2, -0.15) is 0 Å². The molecule has 2 rings (SSSR count). The zero-order chi connectivity index (χ0) is 17.2. The van der Waals surface area contributed by atoms with E-state index in [2.05, 4.69) is 5.32 Å². The number of nitrogens with one attached hydrogen (secondary N) is 1. The lowest BCUT2D eigenvalue weighted by Crippen LogP contribution is -2.22. The van der Waals surface area contributed by atoms with E-state index in [0.29, 0.717) is 24.5 Å². The summed E-state index contributed by atoms with van der Waals surface area (Å²) in [5.74, 6) is -0.0441. The number of amides is 1. The lowest BCUT2D eigenvalue weighted by Gasteiger charge is -2.08. The smallest absolute Gasteiger partial charge is 0.344 e. The van der Waals surface area contributed by atoms with E-state index in [0.717, 1.165) is 12.0 Å². The highest BCUT2D eigenvalue weighted by molar-refractivity contribution is 5.94. The van der Waals surface area contributed by atoms with Crippen LogP contribution in [-0.2, 0) is 16.1 Å². The summed E-state index contributed by atoms with van der Waals surface area (Å²) in [6.45, 7) is 2.65. The number of carbonyl (C=O) groups is 2. The van der Waals surface area contributed by atoms with Gasteiger partial charge in [0.15, 0.2) is 6.61 Å². The van der Waals surface area contributed by atoms with Crippen LogP contribution in [0.5, 0.6) is 5.75 Å². The normalized spacial score (nSPS) is 10.0. The molecule has 0 unspecified atom stereocenters. The third-order valence-electron chi connectivity index (χ3n) is 3.24. The van der Waals surface area contributed by atoms with Crippen molar-refractivity contribution < 1.29 is 19.1 Å². The van der Waals surface area contributed by atoms with Crippen molar-refractivity contribution in [3.63, 3.8) is 0 Å². The average Bonchev–Trinajstić information content (AvgIpc) is 2.64. The van der Waals surface area contributed by atoms with E-state index in [9.17, 15) is 9.59 Å². The minimum absolute atomic E-state index is 0.139. The average molecular weight is 327 g/mol. The van der Waals surface area contributed by atoms with Crippen LogP contribution in [0.25, 0.3) is 0 Å². The summed E-state index contributed by atoms with van der Waals surface area (Å²) in [6.07, 6.45) is 0.776. The molecule has 0 aliphatic heterocycles. The topological polar surface area (TPSA) is 64.6 Å². The molecule has 0 fully saturated rings. The molecule has 5 heteroatoms. The summed E-state index contributed by atoms with van der Waals surface area (Å²) >= 11 is 0. The fraction of sp³-hybridized carbons (Fsp3) is 0.263. The molecule has 126 valence electrons. The third-order valence-corrected chi connectivity index (χ3v) is 3.24. The molecule has 0 aliphatic rings. The van der Waals surface area contributed by atoms with Gasteiger partial charge in [0, 0.05) is 12.1 Å². The molecule has 0 atom stereocenters. The highest BCUT2D eigenvalue weighted by Crippen LogP contribution is 2.12. The maximum absolute atomic E-state index is 12.1. The summed E-state index contributed by atoms with van der Waals surface area (Å²) in [6, 6.07) is 16.3. The van der Waals surface area contributed by atoms with Crippen LogP contribution in [0.1, 0.15) is 29.3 Å². The molecule has 24 heavy (non-hydrogen) atoms. The first-order valence-electron chi connectivity index (χ1n) is 7.89. The standard InChI is InChI=1S/C19H21NO4/c1-2-12-23-18(21)14-24-17-10-8-16(9-11-17)19(22)20-13-15-6-4-3-5-7-15/h3-11H,2,12-14H2,1H3,(H,20,22). The van der Waals surface area contributed by atoms with E-state index in [1.807, 2.05) is 37.3 Å². The van der Waals surface area contributed by atoms with Gasteiger partial charge in [0.1, 0.15) is 5.75 Å². The van der Waals surface area contributed by atoms with Crippen LogP contribution in [0.3, 0.4) is 0 Å². The number of benzene rings is 2. The zero-order valence-electron chi connectivity index (χ0n) is 13.7. The fourth-order valence-corrected chi connectivity index (χ4v) is 1.98. The predicted octanol–water partition coefficient (Wildman–Crippen LogP) is 2.95. The first-order chi connectivity index (χ1) is 11.7. The highest BCUT2D eigenvalue weighted by Gasteiger charge is 2.07. The Morgan fingerprint density at radius 3 is 2.38 bits per heavy atom. The van der Waals surface area contributed by atoms with Gasteiger partial charge >= 0.3 is 5.97 Å². The van der Waals surface area contributed by atoms with Gasteiger partial charge in [0.25, 0.3) is 5.91 Å². The molecule has 0 aliphatic carbocycles. The molecule has 0 bridgehead atoms. The predicted molar refractivity (Wildman–Crippen MR) is 90.8 cm³/mol. The molecule has 0 saturated carbocycles. The van der Waals surface area contributed by atoms with Crippen molar-refractivity contribution in [3.8, 4) is 5.75 Å². The number of ether oxygens (including phenoxy) is 2. The molecule has 0 spiro atoms. The summed E-state index contributed by atoms with van der Waals surface area (Å²) in [5, 5.41) is 2.85. The Morgan fingerprint density at radius 2 is 1.71 bits per heavy atom. The third kappa shape index (κ3) is 5.76. The van der Waals surface area contributed by atoms with Gasteiger partial charge in [-0.15, -0.1) is 0 Å². The van der Waals surface area contributed by atoms with E-state index >= 15 is 0 Å². The summed E-state index contributed by atoms with van der Waals surface area (Å²) in [4.78, 5) is 23.4. The number of carbonyl (C=O) groups excluding carboxylic acids is 2. The van der Waals surface area contributed by atoms with Crippen molar-refractivity contribution in [2.45, 2.75) is 19.9 Å². The van der Waals surface area contributed by atoms with Crippen LogP contribution in [0, 0.1) is 0 Å². The second-order valence-electron chi connectivity index (χ2n) is 5.20. The van der Waals surface area contributed by atoms with Gasteiger partial charge in [-0.25, -0.2) is 4.79 Å². The van der Waals surface area contributed by atoms with Crippen LogP contribution in [0.4, 0.5) is 0 Å². The van der Waals surface area contributed by atoms with Gasteiger partial charge in [-0.05, 0) is 36.2 Å². The largest absolute Gasteiger partial charge is 0.482 e. The molecule has 0 heterocycles. The van der Waals surface area contributed by atoms with Crippen molar-refractivity contribution in [1.82, 2.24) is 5.32 Å². The van der Waals surface area contributed by atoms with Crippen molar-refractivity contribution in [2.75, 3.05) is 13.2 Å². The number of esters is 1. The summed E-state index contributed by atoms with van der Waals surface area (Å²) in [5.41, 5.74) is 1.57. The first-order valence-corrected chi connectivity index (χ1v) is 7.89. The molecule has 2 aromatic rings. The van der Waals surface area contributed by atoms with E-state index in [1.54, 1.807) is 24.3 Å². The van der Waals surface area contributed by atoms with Crippen molar-refractivity contribution in [2.24, 2.45) is 0 Å². The molecule has 0 radical (unpaired) electrons. The van der Waals surface area contributed by atoms with E-state index in [-0.39, 0.29) is 12.5 Å². The molecular weight excluding hydrogens is 306 g/mol. The maximum Gasteiger partial charge on any atom is 0.344 e. The lowest BCUT2D eigenvalue weighted by molar-refractivity contribution is -0.146. The van der Waals surface area contributed by atoms with E-state index in [4.69, 9.17) is 9.47 Å².